The summed E-state index contributed by atoms with van der Waals surface area (Å²) < 4.78 is 39.0. The number of nitrogens with two attached hydrogens (primary N) is 1. The normalized spacial score (nSPS) is 18.1. The number of benzene rings is 1. The summed E-state index contributed by atoms with van der Waals surface area (Å²) in [5.41, 5.74) is 1.62. The number of alkyl halides is 3. The third-order valence-corrected chi connectivity index (χ3v) is 3.51. The van der Waals surface area contributed by atoms with E-state index >= 15 is 0 Å². The quantitative estimate of drug-likeness (QED) is 0.379. The van der Waals surface area contributed by atoms with Crippen molar-refractivity contribution in [3.63, 3.8) is 0 Å². The Balaban J connectivity index is 2.34. The van der Waals surface area contributed by atoms with Crippen molar-refractivity contribution in [2.75, 3.05) is 0 Å². The first-order valence-electron chi connectivity index (χ1n) is 6.73. The third kappa shape index (κ3) is 3.50. The van der Waals surface area contributed by atoms with Crippen LogP contribution < -0.4 is 11.3 Å². The summed E-state index contributed by atoms with van der Waals surface area (Å²) in [6, 6.07) is 5.41. The van der Waals surface area contributed by atoms with Gasteiger partial charge in [-0.05, 0) is 18.9 Å². The minimum Gasteiger partial charge on any atom is -0.308 e. The maximum Gasteiger partial charge on any atom is 0.417 e. The first-order valence-corrected chi connectivity index (χ1v) is 6.73. The molecule has 0 bridgehead atoms. The highest BCUT2D eigenvalue weighted by atomic mass is 19.4. The molecular formula is C14H18F3N3. The minimum absolute atomic E-state index is 0.00748. The van der Waals surface area contributed by atoms with E-state index in [1.807, 2.05) is 0 Å². The van der Waals surface area contributed by atoms with E-state index in [0.29, 0.717) is 0 Å². The lowest BCUT2D eigenvalue weighted by molar-refractivity contribution is -0.137. The molecule has 0 amide bonds. The number of nitrogens with zero attached hydrogens (tertiary/aromatic N) is 1. The highest BCUT2D eigenvalue weighted by molar-refractivity contribution is 6.00. The van der Waals surface area contributed by atoms with Crippen LogP contribution >= 0.6 is 0 Å². The first kappa shape index (κ1) is 14.8. The van der Waals surface area contributed by atoms with Gasteiger partial charge in [0.15, 0.2) is 0 Å². The van der Waals surface area contributed by atoms with Crippen LogP contribution in [0.1, 0.15) is 43.2 Å². The fourth-order valence-electron chi connectivity index (χ4n) is 2.51. The molecular weight excluding hydrogens is 267 g/mol. The van der Waals surface area contributed by atoms with Gasteiger partial charge in [0.1, 0.15) is 5.84 Å². The van der Waals surface area contributed by atoms with E-state index in [1.54, 1.807) is 6.07 Å². The van der Waals surface area contributed by atoms with E-state index in [1.165, 1.54) is 12.1 Å². The zero-order valence-electron chi connectivity index (χ0n) is 11.1. The van der Waals surface area contributed by atoms with Gasteiger partial charge >= 0.3 is 6.18 Å². The number of amidine groups is 1. The van der Waals surface area contributed by atoms with E-state index in [4.69, 9.17) is 5.84 Å². The maximum atomic E-state index is 13.0. The van der Waals surface area contributed by atoms with Crippen LogP contribution in [0, 0.1) is 0 Å². The summed E-state index contributed by atoms with van der Waals surface area (Å²) in [4.78, 5) is 4.38. The molecule has 0 spiro atoms. The SMILES string of the molecule is NNC(=NC1CCCCC1)c1ccccc1C(F)(F)F. The summed E-state index contributed by atoms with van der Waals surface area (Å²) >= 11 is 0. The van der Waals surface area contributed by atoms with Crippen molar-refractivity contribution in [1.29, 1.82) is 0 Å². The van der Waals surface area contributed by atoms with Gasteiger partial charge in [-0.3, -0.25) is 4.99 Å². The van der Waals surface area contributed by atoms with Gasteiger partial charge in [-0.2, -0.15) is 13.2 Å². The van der Waals surface area contributed by atoms with E-state index < -0.39 is 11.7 Å². The molecule has 0 heterocycles. The summed E-state index contributed by atoms with van der Waals surface area (Å²) in [6.45, 7) is 0. The van der Waals surface area contributed by atoms with Crippen LogP contribution in [0.15, 0.2) is 29.3 Å². The molecule has 2 rings (SSSR count). The molecule has 1 aromatic carbocycles. The number of hydrogen-bond acceptors (Lipinski definition) is 2. The Bertz CT molecular complexity index is 477. The van der Waals surface area contributed by atoms with Gasteiger partial charge in [0.2, 0.25) is 0 Å². The van der Waals surface area contributed by atoms with Gasteiger partial charge in [0, 0.05) is 5.56 Å². The molecule has 1 aromatic rings. The fourth-order valence-corrected chi connectivity index (χ4v) is 2.51. The monoisotopic (exact) mass is 285 g/mol. The van der Waals surface area contributed by atoms with Crippen LogP contribution in [-0.2, 0) is 6.18 Å². The molecule has 6 heteroatoms. The van der Waals surface area contributed by atoms with Crippen molar-refractivity contribution >= 4 is 5.84 Å². The lowest BCUT2D eigenvalue weighted by Crippen LogP contribution is -2.34. The summed E-state index contributed by atoms with van der Waals surface area (Å²) in [5, 5.41) is 0. The Morgan fingerprint density at radius 2 is 1.80 bits per heavy atom. The van der Waals surface area contributed by atoms with E-state index in [0.717, 1.165) is 38.2 Å². The fraction of sp³-hybridized carbons (Fsp3) is 0.500. The molecule has 0 aliphatic heterocycles. The zero-order chi connectivity index (χ0) is 14.6. The third-order valence-electron chi connectivity index (χ3n) is 3.51. The standard InChI is InChI=1S/C14H18F3N3/c15-14(16,17)12-9-5-4-8-11(12)13(20-18)19-10-6-2-1-3-7-10/h4-5,8-10H,1-3,6-7,18H2,(H,19,20). The predicted molar refractivity (Wildman–Crippen MR) is 72.2 cm³/mol. The molecule has 1 aliphatic rings. The van der Waals surface area contributed by atoms with Gasteiger partial charge < -0.3 is 5.43 Å². The molecule has 0 radical (unpaired) electrons. The lowest BCUT2D eigenvalue weighted by Gasteiger charge is -2.20. The van der Waals surface area contributed by atoms with Gasteiger partial charge in [-0.1, -0.05) is 37.5 Å². The molecule has 1 saturated carbocycles. The van der Waals surface area contributed by atoms with E-state index in [2.05, 4.69) is 10.4 Å². The largest absolute Gasteiger partial charge is 0.417 e. The molecule has 1 aliphatic carbocycles. The second-order valence-corrected chi connectivity index (χ2v) is 4.96. The van der Waals surface area contributed by atoms with Crippen LogP contribution in [0.4, 0.5) is 13.2 Å². The highest BCUT2D eigenvalue weighted by Crippen LogP contribution is 2.32. The predicted octanol–water partition coefficient (Wildman–Crippen LogP) is 3.25. The Hall–Kier alpha value is -1.56. The summed E-state index contributed by atoms with van der Waals surface area (Å²) in [5.74, 6) is 5.50. The molecule has 1 fully saturated rings. The smallest absolute Gasteiger partial charge is 0.308 e. The molecule has 20 heavy (non-hydrogen) atoms. The summed E-state index contributed by atoms with van der Waals surface area (Å²) in [6.07, 6.45) is 0.677. The Morgan fingerprint density at radius 3 is 2.40 bits per heavy atom. The Kier molecular flexibility index (Phi) is 4.65. The molecule has 3 nitrogen and oxygen atoms in total. The molecule has 0 aromatic heterocycles. The Labute approximate surface area is 116 Å². The number of aliphatic imine (C=N–C) groups is 1. The number of halogens is 3. The van der Waals surface area contributed by atoms with Crippen LogP contribution in [-0.4, -0.2) is 11.9 Å². The molecule has 0 saturated heterocycles. The van der Waals surface area contributed by atoms with Crippen LogP contribution in [0.3, 0.4) is 0 Å². The van der Waals surface area contributed by atoms with Gasteiger partial charge in [0.25, 0.3) is 0 Å². The number of rotatable bonds is 2. The molecule has 3 N–H and O–H groups in total. The van der Waals surface area contributed by atoms with Crippen molar-refractivity contribution in [3.8, 4) is 0 Å². The lowest BCUT2D eigenvalue weighted by atomic mass is 9.96. The van der Waals surface area contributed by atoms with E-state index in [-0.39, 0.29) is 17.4 Å². The van der Waals surface area contributed by atoms with Crippen molar-refractivity contribution in [2.24, 2.45) is 10.8 Å². The highest BCUT2D eigenvalue weighted by Gasteiger charge is 2.34. The minimum atomic E-state index is -4.42. The Morgan fingerprint density at radius 1 is 1.15 bits per heavy atom. The van der Waals surface area contributed by atoms with Gasteiger partial charge in [0.05, 0.1) is 11.6 Å². The summed E-state index contributed by atoms with van der Waals surface area (Å²) in [7, 11) is 0. The number of nitrogens with one attached hydrogen (secondary N) is 1. The van der Waals surface area contributed by atoms with Crippen molar-refractivity contribution < 1.29 is 13.2 Å². The molecule has 0 unspecified atom stereocenters. The molecule has 110 valence electrons. The maximum absolute atomic E-state index is 13.0. The second kappa shape index (κ2) is 6.26. The van der Waals surface area contributed by atoms with Crippen molar-refractivity contribution in [1.82, 2.24) is 5.43 Å². The average molecular weight is 285 g/mol. The van der Waals surface area contributed by atoms with E-state index in [9.17, 15) is 13.2 Å². The number of hydrogen-bond donors (Lipinski definition) is 2. The zero-order valence-corrected chi connectivity index (χ0v) is 11.1. The van der Waals surface area contributed by atoms with Crippen molar-refractivity contribution in [2.45, 2.75) is 44.3 Å². The van der Waals surface area contributed by atoms with Crippen LogP contribution in [0.25, 0.3) is 0 Å². The molecule has 0 atom stereocenters. The van der Waals surface area contributed by atoms with Gasteiger partial charge in [-0.25, -0.2) is 5.84 Å². The van der Waals surface area contributed by atoms with Crippen LogP contribution in [0.5, 0.6) is 0 Å². The van der Waals surface area contributed by atoms with Crippen LogP contribution in [0.2, 0.25) is 0 Å². The topological polar surface area (TPSA) is 50.4 Å². The number of hydrazine groups is 1. The second-order valence-electron chi connectivity index (χ2n) is 4.96. The van der Waals surface area contributed by atoms with Crippen molar-refractivity contribution in [3.05, 3.63) is 35.4 Å². The van der Waals surface area contributed by atoms with Gasteiger partial charge in [-0.15, -0.1) is 0 Å². The average Bonchev–Trinajstić information content (AvgIpc) is 2.45. The first-order chi connectivity index (χ1) is 9.52.